The zero-order chi connectivity index (χ0) is 17.1. The Morgan fingerprint density at radius 1 is 1.17 bits per heavy atom. The first-order chi connectivity index (χ1) is 11.6. The normalized spacial score (nSPS) is 11.9. The fourth-order valence-corrected chi connectivity index (χ4v) is 3.10. The number of rotatable bonds is 4. The second kappa shape index (κ2) is 6.80. The third-order valence-corrected chi connectivity index (χ3v) is 4.67. The Labute approximate surface area is 144 Å². The van der Waals surface area contributed by atoms with E-state index in [0.29, 0.717) is 16.3 Å². The van der Waals surface area contributed by atoms with E-state index in [4.69, 9.17) is 5.73 Å². The van der Waals surface area contributed by atoms with Gasteiger partial charge in [-0.1, -0.05) is 29.8 Å². The van der Waals surface area contributed by atoms with Crippen LogP contribution in [0.5, 0.6) is 0 Å². The van der Waals surface area contributed by atoms with Crippen LogP contribution in [-0.4, -0.2) is 15.3 Å². The molecule has 0 aliphatic heterocycles. The molecule has 3 rings (SSSR count). The van der Waals surface area contributed by atoms with Gasteiger partial charge in [-0.3, -0.25) is 9.78 Å². The molecular weight excluding hydrogens is 320 g/mol. The molecular formula is C18H18N4OS. The minimum absolute atomic E-state index is 0.107. The van der Waals surface area contributed by atoms with Crippen LogP contribution in [-0.2, 0) is 0 Å². The van der Waals surface area contributed by atoms with E-state index in [2.05, 4.69) is 14.7 Å². The molecule has 0 aliphatic carbocycles. The lowest BCUT2D eigenvalue weighted by Crippen LogP contribution is -2.26. The number of pyridine rings is 1. The number of hydrogen-bond acceptors (Lipinski definition) is 5. The van der Waals surface area contributed by atoms with Crippen molar-refractivity contribution >= 4 is 23.1 Å². The average Bonchev–Trinajstić information content (AvgIpc) is 2.98. The van der Waals surface area contributed by atoms with Gasteiger partial charge in [0.15, 0.2) is 0 Å². The van der Waals surface area contributed by atoms with Gasteiger partial charge in [0.1, 0.15) is 10.6 Å². The summed E-state index contributed by atoms with van der Waals surface area (Å²) in [6.07, 6.45) is 3.35. The van der Waals surface area contributed by atoms with Crippen LogP contribution in [0.2, 0.25) is 0 Å². The standard InChI is InChI=1S/C18H18N4OS/c1-11-3-5-13(6-4-11)12(2)21-18(23)17-15(19)16(22-24-17)14-7-9-20-10-8-14/h3-10,12H,19H2,1-2H3,(H,21,23)/t12-/m0/s1. The summed E-state index contributed by atoms with van der Waals surface area (Å²) in [4.78, 5) is 16.9. The first kappa shape index (κ1) is 16.1. The Hall–Kier alpha value is -2.73. The molecule has 1 aromatic carbocycles. The maximum Gasteiger partial charge on any atom is 0.265 e. The van der Waals surface area contributed by atoms with Gasteiger partial charge < -0.3 is 11.1 Å². The minimum atomic E-state index is -0.210. The van der Waals surface area contributed by atoms with E-state index in [1.54, 1.807) is 12.4 Å². The highest BCUT2D eigenvalue weighted by Gasteiger charge is 2.20. The Kier molecular flexibility index (Phi) is 4.57. The third kappa shape index (κ3) is 3.28. The van der Waals surface area contributed by atoms with Crippen molar-refractivity contribution in [3.63, 3.8) is 0 Å². The van der Waals surface area contributed by atoms with E-state index in [-0.39, 0.29) is 11.9 Å². The zero-order valence-electron chi connectivity index (χ0n) is 13.5. The summed E-state index contributed by atoms with van der Waals surface area (Å²) in [5.74, 6) is -0.210. The second-order valence-corrected chi connectivity index (χ2v) is 6.39. The van der Waals surface area contributed by atoms with Crippen molar-refractivity contribution < 1.29 is 4.79 Å². The molecule has 0 radical (unpaired) electrons. The number of nitrogens with two attached hydrogens (primary N) is 1. The smallest absolute Gasteiger partial charge is 0.265 e. The van der Waals surface area contributed by atoms with E-state index >= 15 is 0 Å². The van der Waals surface area contributed by atoms with Crippen LogP contribution in [0.4, 0.5) is 5.69 Å². The fraction of sp³-hybridized carbons (Fsp3) is 0.167. The molecule has 0 saturated carbocycles. The van der Waals surface area contributed by atoms with E-state index in [1.165, 1.54) is 5.56 Å². The molecule has 6 heteroatoms. The number of carbonyl (C=O) groups is 1. The van der Waals surface area contributed by atoms with Crippen LogP contribution in [0, 0.1) is 6.92 Å². The van der Waals surface area contributed by atoms with Crippen molar-refractivity contribution in [2.75, 3.05) is 5.73 Å². The van der Waals surface area contributed by atoms with E-state index in [1.807, 2.05) is 50.2 Å². The van der Waals surface area contributed by atoms with Crippen LogP contribution in [0.1, 0.15) is 33.8 Å². The molecule has 3 aromatic rings. The number of aryl methyl sites for hydroxylation is 1. The number of amides is 1. The van der Waals surface area contributed by atoms with Gasteiger partial charge in [-0.05, 0) is 43.1 Å². The van der Waals surface area contributed by atoms with E-state index in [0.717, 1.165) is 22.7 Å². The van der Waals surface area contributed by atoms with Gasteiger partial charge in [-0.2, -0.15) is 4.37 Å². The fourth-order valence-electron chi connectivity index (χ4n) is 2.38. The van der Waals surface area contributed by atoms with Crippen LogP contribution in [0.15, 0.2) is 48.8 Å². The van der Waals surface area contributed by atoms with Gasteiger partial charge in [0.05, 0.1) is 11.7 Å². The molecule has 0 fully saturated rings. The SMILES string of the molecule is Cc1ccc([C@H](C)NC(=O)c2snc(-c3ccncc3)c2N)cc1. The molecule has 24 heavy (non-hydrogen) atoms. The monoisotopic (exact) mass is 338 g/mol. The van der Waals surface area contributed by atoms with Gasteiger partial charge in [0, 0.05) is 18.0 Å². The van der Waals surface area contributed by atoms with E-state index in [9.17, 15) is 4.79 Å². The largest absolute Gasteiger partial charge is 0.396 e. The van der Waals surface area contributed by atoms with Crippen LogP contribution in [0.25, 0.3) is 11.3 Å². The number of nitrogens with one attached hydrogen (secondary N) is 1. The van der Waals surface area contributed by atoms with E-state index < -0.39 is 0 Å². The number of nitrogens with zero attached hydrogens (tertiary/aromatic N) is 2. The Morgan fingerprint density at radius 3 is 2.50 bits per heavy atom. The van der Waals surface area contributed by atoms with Gasteiger partial charge in [0.2, 0.25) is 0 Å². The first-order valence-corrected chi connectivity index (χ1v) is 8.36. The summed E-state index contributed by atoms with van der Waals surface area (Å²) in [6.45, 7) is 3.98. The first-order valence-electron chi connectivity index (χ1n) is 7.59. The molecule has 5 nitrogen and oxygen atoms in total. The molecule has 0 aliphatic rings. The van der Waals surface area contributed by atoms with Crippen LogP contribution in [0.3, 0.4) is 0 Å². The van der Waals surface area contributed by atoms with Gasteiger partial charge in [0.25, 0.3) is 5.91 Å². The highest BCUT2D eigenvalue weighted by Crippen LogP contribution is 2.30. The molecule has 0 unspecified atom stereocenters. The lowest BCUT2D eigenvalue weighted by atomic mass is 10.1. The topological polar surface area (TPSA) is 80.9 Å². The summed E-state index contributed by atoms with van der Waals surface area (Å²) in [6, 6.07) is 11.6. The number of benzene rings is 1. The lowest BCUT2D eigenvalue weighted by molar-refractivity contribution is 0.0945. The molecule has 3 N–H and O–H groups in total. The van der Waals surface area contributed by atoms with Crippen molar-refractivity contribution in [3.8, 4) is 11.3 Å². The molecule has 2 heterocycles. The number of hydrogen-bond donors (Lipinski definition) is 2. The molecule has 0 saturated heterocycles. The van der Waals surface area contributed by atoms with Gasteiger partial charge >= 0.3 is 0 Å². The molecule has 122 valence electrons. The predicted molar refractivity (Wildman–Crippen MR) is 96.8 cm³/mol. The average molecular weight is 338 g/mol. The van der Waals surface area contributed by atoms with Crippen molar-refractivity contribution in [1.82, 2.24) is 14.7 Å². The summed E-state index contributed by atoms with van der Waals surface area (Å²) in [7, 11) is 0. The Bertz CT molecular complexity index is 843. The number of anilines is 1. The minimum Gasteiger partial charge on any atom is -0.396 e. The molecule has 0 bridgehead atoms. The Morgan fingerprint density at radius 2 is 1.83 bits per heavy atom. The highest BCUT2D eigenvalue weighted by atomic mass is 32.1. The third-order valence-electron chi connectivity index (χ3n) is 3.81. The van der Waals surface area contributed by atoms with Gasteiger partial charge in [-0.15, -0.1) is 0 Å². The maximum absolute atomic E-state index is 12.5. The summed E-state index contributed by atoms with van der Waals surface area (Å²) < 4.78 is 4.33. The molecule has 2 aromatic heterocycles. The number of aromatic nitrogens is 2. The number of carbonyl (C=O) groups excluding carboxylic acids is 1. The van der Waals surface area contributed by atoms with Gasteiger partial charge in [-0.25, -0.2) is 0 Å². The maximum atomic E-state index is 12.5. The lowest BCUT2D eigenvalue weighted by Gasteiger charge is -2.14. The quantitative estimate of drug-likeness (QED) is 0.762. The van der Waals surface area contributed by atoms with Crippen LogP contribution < -0.4 is 11.1 Å². The molecule has 1 amide bonds. The molecule has 0 spiro atoms. The molecule has 1 atom stereocenters. The zero-order valence-corrected chi connectivity index (χ0v) is 14.3. The van der Waals surface area contributed by atoms with Crippen molar-refractivity contribution in [2.24, 2.45) is 0 Å². The highest BCUT2D eigenvalue weighted by molar-refractivity contribution is 7.09. The number of nitrogen functional groups attached to an aromatic ring is 1. The summed E-state index contributed by atoms with van der Waals surface area (Å²) >= 11 is 1.11. The second-order valence-electron chi connectivity index (χ2n) is 5.62. The predicted octanol–water partition coefficient (Wildman–Crippen LogP) is 3.59. The summed E-state index contributed by atoms with van der Waals surface area (Å²) in [5, 5.41) is 2.98. The summed E-state index contributed by atoms with van der Waals surface area (Å²) in [5.41, 5.74) is 10.2. The van der Waals surface area contributed by atoms with Crippen LogP contribution >= 0.6 is 11.5 Å². The van der Waals surface area contributed by atoms with Crippen molar-refractivity contribution in [1.29, 1.82) is 0 Å². The Balaban J connectivity index is 1.78. The van der Waals surface area contributed by atoms with Crippen molar-refractivity contribution in [3.05, 3.63) is 64.8 Å². The van der Waals surface area contributed by atoms with Crippen molar-refractivity contribution in [2.45, 2.75) is 19.9 Å².